The molecule has 0 radical (unpaired) electrons. The number of piperazine rings is 1. The molecule has 1 amide bonds. The molecule has 2 heterocycles. The van der Waals surface area contributed by atoms with Crippen molar-refractivity contribution in [1.29, 1.82) is 0 Å². The van der Waals surface area contributed by atoms with Gasteiger partial charge in [0.15, 0.2) is 0 Å². The summed E-state index contributed by atoms with van der Waals surface area (Å²) in [7, 11) is 1.22. The number of methoxy groups -OCH3 is 1. The summed E-state index contributed by atoms with van der Waals surface area (Å²) in [6.45, 7) is 8.20. The fraction of sp³-hybridized carbons (Fsp3) is 0.516. The van der Waals surface area contributed by atoms with Crippen molar-refractivity contribution in [3.63, 3.8) is 0 Å². The molecule has 0 spiro atoms. The molecule has 45 heavy (non-hydrogen) atoms. The Bertz CT molecular complexity index is 1340. The molecule has 1 atom stereocenters. The number of hydrogen-bond donors (Lipinski definition) is 0. The number of hydrogen-bond acceptors (Lipinski definition) is 5. The SMILES string of the molecule is COc1cc(C(=O)N2CCN(CC#CCN3CCOCC3(C)C)C[C@H]2Cc2ccc(C(F)(F)F)cc2)cc(C(F)(F)F)c1.Cl.Cl. The third-order valence-electron chi connectivity index (χ3n) is 7.81. The van der Waals surface area contributed by atoms with E-state index in [1.807, 2.05) is 4.90 Å². The number of morpholine rings is 1. The lowest BCUT2D eigenvalue weighted by molar-refractivity contribution is -0.138. The Balaban J connectivity index is 0.00000353. The van der Waals surface area contributed by atoms with E-state index in [0.29, 0.717) is 45.0 Å². The van der Waals surface area contributed by atoms with E-state index in [-0.39, 0.29) is 54.6 Å². The third kappa shape index (κ3) is 10.1. The molecule has 0 saturated carbocycles. The topological polar surface area (TPSA) is 45.2 Å². The van der Waals surface area contributed by atoms with Crippen LogP contribution < -0.4 is 4.74 Å². The van der Waals surface area contributed by atoms with Crippen LogP contribution in [-0.4, -0.2) is 91.8 Å². The summed E-state index contributed by atoms with van der Waals surface area (Å²) in [5.74, 6) is 5.68. The first-order valence-electron chi connectivity index (χ1n) is 13.9. The highest BCUT2D eigenvalue weighted by atomic mass is 35.5. The molecule has 4 rings (SSSR count). The number of halogens is 8. The van der Waals surface area contributed by atoms with Crippen LogP contribution in [0.5, 0.6) is 5.75 Å². The van der Waals surface area contributed by atoms with Gasteiger partial charge in [-0.15, -0.1) is 24.8 Å². The molecule has 2 aliphatic rings. The lowest BCUT2D eigenvalue weighted by Crippen LogP contribution is -2.56. The predicted molar refractivity (Wildman–Crippen MR) is 163 cm³/mol. The second-order valence-electron chi connectivity index (χ2n) is 11.4. The van der Waals surface area contributed by atoms with Crippen molar-refractivity contribution in [3.05, 3.63) is 64.7 Å². The minimum absolute atomic E-state index is 0. The number of benzene rings is 2. The maximum atomic E-state index is 13.6. The van der Waals surface area contributed by atoms with Crippen LogP contribution in [0.2, 0.25) is 0 Å². The number of rotatable bonds is 6. The van der Waals surface area contributed by atoms with Gasteiger partial charge in [-0.25, -0.2) is 0 Å². The predicted octanol–water partition coefficient (Wildman–Crippen LogP) is 6.06. The van der Waals surface area contributed by atoms with E-state index in [2.05, 4.69) is 30.6 Å². The summed E-state index contributed by atoms with van der Waals surface area (Å²) in [6, 6.07) is 7.06. The number of carbonyl (C=O) groups is 1. The van der Waals surface area contributed by atoms with Crippen molar-refractivity contribution in [2.45, 2.75) is 44.2 Å². The van der Waals surface area contributed by atoms with Gasteiger partial charge in [0, 0.05) is 43.3 Å². The summed E-state index contributed by atoms with van der Waals surface area (Å²) < 4.78 is 90.5. The lowest BCUT2D eigenvalue weighted by Gasteiger charge is -2.41. The Morgan fingerprint density at radius 1 is 0.933 bits per heavy atom. The minimum Gasteiger partial charge on any atom is -0.497 e. The van der Waals surface area contributed by atoms with Crippen molar-refractivity contribution in [2.75, 3.05) is 59.6 Å². The van der Waals surface area contributed by atoms with E-state index < -0.39 is 35.4 Å². The summed E-state index contributed by atoms with van der Waals surface area (Å²) in [4.78, 5) is 19.4. The smallest absolute Gasteiger partial charge is 0.416 e. The summed E-state index contributed by atoms with van der Waals surface area (Å²) in [6.07, 6.45) is -8.96. The second-order valence-corrected chi connectivity index (χ2v) is 11.4. The molecule has 0 unspecified atom stereocenters. The molecule has 2 aromatic carbocycles. The lowest BCUT2D eigenvalue weighted by atomic mass is 9.99. The van der Waals surface area contributed by atoms with E-state index in [1.165, 1.54) is 30.2 Å². The maximum absolute atomic E-state index is 13.6. The van der Waals surface area contributed by atoms with Gasteiger partial charge in [-0.2, -0.15) is 26.3 Å². The zero-order valence-corrected chi connectivity index (χ0v) is 26.8. The zero-order valence-electron chi connectivity index (χ0n) is 25.1. The van der Waals surface area contributed by atoms with Gasteiger partial charge in [-0.1, -0.05) is 24.0 Å². The molecular weight excluding hydrogens is 647 g/mol. The van der Waals surface area contributed by atoms with Crippen molar-refractivity contribution < 1.29 is 40.6 Å². The number of nitrogens with zero attached hydrogens (tertiary/aromatic N) is 3. The number of carbonyl (C=O) groups excluding carboxylic acids is 1. The van der Waals surface area contributed by atoms with Gasteiger partial charge in [0.1, 0.15) is 5.75 Å². The van der Waals surface area contributed by atoms with Crippen molar-refractivity contribution >= 4 is 30.7 Å². The molecule has 0 bridgehead atoms. The molecule has 2 saturated heterocycles. The van der Waals surface area contributed by atoms with Crippen LogP contribution in [0.4, 0.5) is 26.3 Å². The maximum Gasteiger partial charge on any atom is 0.416 e. The molecule has 250 valence electrons. The molecule has 0 aromatic heterocycles. The molecular formula is C31H37Cl2F6N3O3. The van der Waals surface area contributed by atoms with Crippen LogP contribution in [0.25, 0.3) is 0 Å². The van der Waals surface area contributed by atoms with Crippen molar-refractivity contribution in [3.8, 4) is 17.6 Å². The molecule has 2 aromatic rings. The highest BCUT2D eigenvalue weighted by molar-refractivity contribution is 5.95. The fourth-order valence-electron chi connectivity index (χ4n) is 5.28. The van der Waals surface area contributed by atoms with Crippen LogP contribution >= 0.6 is 24.8 Å². The normalized spacial score (nSPS) is 19.0. The quantitative estimate of drug-likeness (QED) is 0.274. The average Bonchev–Trinajstić information content (AvgIpc) is 2.94. The van der Waals surface area contributed by atoms with Crippen LogP contribution in [-0.2, 0) is 23.5 Å². The molecule has 0 aliphatic carbocycles. The van der Waals surface area contributed by atoms with Crippen LogP contribution in [0.1, 0.15) is 40.9 Å². The highest BCUT2D eigenvalue weighted by Gasteiger charge is 2.36. The Hall–Kier alpha value is -2.69. The molecule has 0 N–H and O–H groups in total. The monoisotopic (exact) mass is 683 g/mol. The Kier molecular flexibility index (Phi) is 13.5. The van der Waals surface area contributed by atoms with Gasteiger partial charge in [-0.05, 0) is 56.2 Å². The standard InChI is InChI=1S/C31H35F6N3O3.2ClH/c1-29(2)21-43-15-14-39(29)11-5-4-10-38-12-13-40(26(20-38)16-22-6-8-24(9-7-22)30(32,33)34)28(41)23-17-25(31(35,36)37)19-27(18-23)42-3;;/h6-9,17-19,26H,10-16,20-21H2,1-3H3;2*1H/t26-;;/m1../s1. The Morgan fingerprint density at radius 2 is 1.58 bits per heavy atom. The van der Waals surface area contributed by atoms with Gasteiger partial charge >= 0.3 is 12.4 Å². The first-order chi connectivity index (χ1) is 20.2. The average molecular weight is 685 g/mol. The summed E-state index contributed by atoms with van der Waals surface area (Å²) in [5.41, 5.74) is -1.53. The Labute approximate surface area is 271 Å². The van der Waals surface area contributed by atoms with E-state index in [1.54, 1.807) is 0 Å². The first kappa shape index (κ1) is 38.5. The zero-order chi connectivity index (χ0) is 31.4. The summed E-state index contributed by atoms with van der Waals surface area (Å²) >= 11 is 0. The van der Waals surface area contributed by atoms with Gasteiger partial charge in [0.2, 0.25) is 0 Å². The largest absolute Gasteiger partial charge is 0.497 e. The molecule has 14 heteroatoms. The number of ether oxygens (including phenoxy) is 2. The van der Waals surface area contributed by atoms with E-state index >= 15 is 0 Å². The van der Waals surface area contributed by atoms with E-state index in [4.69, 9.17) is 9.47 Å². The van der Waals surface area contributed by atoms with E-state index in [9.17, 15) is 31.1 Å². The van der Waals surface area contributed by atoms with Crippen LogP contribution in [0, 0.1) is 11.8 Å². The number of amides is 1. The van der Waals surface area contributed by atoms with Gasteiger partial charge in [0.25, 0.3) is 5.91 Å². The van der Waals surface area contributed by atoms with Crippen LogP contribution in [0.15, 0.2) is 42.5 Å². The number of alkyl halides is 6. The van der Waals surface area contributed by atoms with Crippen LogP contribution in [0.3, 0.4) is 0 Å². The molecule has 2 fully saturated rings. The highest BCUT2D eigenvalue weighted by Crippen LogP contribution is 2.34. The van der Waals surface area contributed by atoms with Crippen molar-refractivity contribution in [2.24, 2.45) is 0 Å². The Morgan fingerprint density at radius 3 is 2.18 bits per heavy atom. The minimum atomic E-state index is -4.68. The molecule has 2 aliphatic heterocycles. The van der Waals surface area contributed by atoms with Gasteiger partial charge in [-0.3, -0.25) is 14.6 Å². The first-order valence-corrected chi connectivity index (χ1v) is 13.9. The third-order valence-corrected chi connectivity index (χ3v) is 7.81. The van der Waals surface area contributed by atoms with Crippen molar-refractivity contribution in [1.82, 2.24) is 14.7 Å². The van der Waals surface area contributed by atoms with Gasteiger partial charge in [0.05, 0.1) is 44.5 Å². The van der Waals surface area contributed by atoms with Gasteiger partial charge < -0.3 is 14.4 Å². The molecule has 6 nitrogen and oxygen atoms in total. The fourth-order valence-corrected chi connectivity index (χ4v) is 5.28. The summed E-state index contributed by atoms with van der Waals surface area (Å²) in [5, 5.41) is 0. The second kappa shape index (κ2) is 15.7. The van der Waals surface area contributed by atoms with E-state index in [0.717, 1.165) is 30.8 Å².